The SMILES string of the molecule is CC(C)C(NC(=O)CN(C)c1ccc(Cl)cn1)C(=O)O. The second kappa shape index (κ2) is 7.09. The molecule has 6 nitrogen and oxygen atoms in total. The van der Waals surface area contributed by atoms with Gasteiger partial charge in [-0.15, -0.1) is 0 Å². The summed E-state index contributed by atoms with van der Waals surface area (Å²) in [7, 11) is 1.70. The Labute approximate surface area is 122 Å². The molecule has 1 heterocycles. The maximum atomic E-state index is 11.8. The van der Waals surface area contributed by atoms with Crippen LogP contribution in [0.1, 0.15) is 13.8 Å². The summed E-state index contributed by atoms with van der Waals surface area (Å²) in [6.07, 6.45) is 1.49. The Morgan fingerprint density at radius 2 is 2.10 bits per heavy atom. The normalized spacial score (nSPS) is 12.1. The van der Waals surface area contributed by atoms with Crippen LogP contribution in [-0.2, 0) is 9.59 Å². The number of halogens is 1. The highest BCUT2D eigenvalue weighted by molar-refractivity contribution is 6.30. The highest BCUT2D eigenvalue weighted by Gasteiger charge is 2.23. The zero-order valence-electron chi connectivity index (χ0n) is 11.6. The fourth-order valence-corrected chi connectivity index (χ4v) is 1.73. The molecule has 1 amide bonds. The molecule has 0 saturated heterocycles. The van der Waals surface area contributed by atoms with E-state index in [0.29, 0.717) is 10.8 Å². The van der Waals surface area contributed by atoms with Crippen molar-refractivity contribution in [2.45, 2.75) is 19.9 Å². The van der Waals surface area contributed by atoms with E-state index in [4.69, 9.17) is 16.7 Å². The Hall–Kier alpha value is -1.82. The highest BCUT2D eigenvalue weighted by Crippen LogP contribution is 2.12. The van der Waals surface area contributed by atoms with Gasteiger partial charge in [0.05, 0.1) is 11.6 Å². The first-order valence-corrected chi connectivity index (χ1v) is 6.54. The van der Waals surface area contributed by atoms with Gasteiger partial charge in [0, 0.05) is 13.2 Å². The number of hydrogen-bond acceptors (Lipinski definition) is 4. The molecule has 0 fully saturated rings. The highest BCUT2D eigenvalue weighted by atomic mass is 35.5. The van der Waals surface area contributed by atoms with Crippen molar-refractivity contribution in [3.05, 3.63) is 23.4 Å². The van der Waals surface area contributed by atoms with Crippen LogP contribution < -0.4 is 10.2 Å². The third kappa shape index (κ3) is 4.70. The van der Waals surface area contributed by atoms with Crippen LogP contribution in [0.15, 0.2) is 18.3 Å². The fourth-order valence-electron chi connectivity index (χ4n) is 1.62. The Bertz CT molecular complexity index is 476. The van der Waals surface area contributed by atoms with E-state index < -0.39 is 12.0 Å². The van der Waals surface area contributed by atoms with E-state index in [-0.39, 0.29) is 18.4 Å². The molecular formula is C13H18ClN3O3. The van der Waals surface area contributed by atoms with Gasteiger partial charge >= 0.3 is 5.97 Å². The number of amides is 1. The van der Waals surface area contributed by atoms with Crippen LogP contribution in [0, 0.1) is 5.92 Å². The van der Waals surface area contributed by atoms with Crippen molar-refractivity contribution in [3.8, 4) is 0 Å². The first-order chi connectivity index (χ1) is 9.31. The van der Waals surface area contributed by atoms with Crippen LogP contribution in [-0.4, -0.2) is 41.6 Å². The summed E-state index contributed by atoms with van der Waals surface area (Å²) in [6, 6.07) is 2.47. The Morgan fingerprint density at radius 3 is 2.55 bits per heavy atom. The largest absolute Gasteiger partial charge is 0.480 e. The fraction of sp³-hybridized carbons (Fsp3) is 0.462. The van der Waals surface area contributed by atoms with Crippen molar-refractivity contribution in [1.29, 1.82) is 0 Å². The molecule has 1 atom stereocenters. The number of carboxylic acids is 1. The van der Waals surface area contributed by atoms with Gasteiger partial charge < -0.3 is 15.3 Å². The number of aliphatic carboxylic acids is 1. The molecule has 1 aromatic rings. The minimum atomic E-state index is -1.04. The van der Waals surface area contributed by atoms with E-state index in [1.807, 2.05) is 0 Å². The lowest BCUT2D eigenvalue weighted by atomic mass is 10.0. The molecule has 0 aliphatic rings. The van der Waals surface area contributed by atoms with Gasteiger partial charge in [0.1, 0.15) is 11.9 Å². The number of anilines is 1. The molecule has 0 aromatic carbocycles. The summed E-state index contributed by atoms with van der Waals surface area (Å²) in [5.41, 5.74) is 0. The third-order valence-electron chi connectivity index (χ3n) is 2.73. The summed E-state index contributed by atoms with van der Waals surface area (Å²) in [4.78, 5) is 28.6. The van der Waals surface area contributed by atoms with Crippen molar-refractivity contribution in [1.82, 2.24) is 10.3 Å². The van der Waals surface area contributed by atoms with Gasteiger partial charge in [-0.05, 0) is 18.1 Å². The zero-order chi connectivity index (χ0) is 15.3. The minimum Gasteiger partial charge on any atom is -0.480 e. The average Bonchev–Trinajstić information content (AvgIpc) is 2.35. The summed E-state index contributed by atoms with van der Waals surface area (Å²) in [5, 5.41) is 12.0. The smallest absolute Gasteiger partial charge is 0.326 e. The number of aromatic nitrogens is 1. The molecule has 110 valence electrons. The van der Waals surface area contributed by atoms with E-state index in [0.717, 1.165) is 0 Å². The van der Waals surface area contributed by atoms with Crippen LogP contribution in [0.5, 0.6) is 0 Å². The first kappa shape index (κ1) is 16.2. The molecule has 0 aliphatic heterocycles. The topological polar surface area (TPSA) is 82.5 Å². The molecular weight excluding hydrogens is 282 g/mol. The van der Waals surface area contributed by atoms with Crippen molar-refractivity contribution in [2.75, 3.05) is 18.5 Å². The number of rotatable bonds is 6. The van der Waals surface area contributed by atoms with Crippen LogP contribution >= 0.6 is 11.6 Å². The first-order valence-electron chi connectivity index (χ1n) is 6.16. The van der Waals surface area contributed by atoms with Crippen molar-refractivity contribution in [3.63, 3.8) is 0 Å². The Balaban J connectivity index is 2.61. The zero-order valence-corrected chi connectivity index (χ0v) is 12.4. The number of hydrogen-bond donors (Lipinski definition) is 2. The summed E-state index contributed by atoms with van der Waals surface area (Å²) < 4.78 is 0. The average molecular weight is 300 g/mol. The molecule has 1 unspecified atom stereocenters. The van der Waals surface area contributed by atoms with E-state index in [1.165, 1.54) is 6.20 Å². The lowest BCUT2D eigenvalue weighted by Crippen LogP contribution is -2.47. The standard InChI is InChI=1S/C13H18ClN3O3/c1-8(2)12(13(19)20)16-11(18)7-17(3)10-5-4-9(14)6-15-10/h4-6,8,12H,7H2,1-3H3,(H,16,18)(H,19,20). The molecule has 0 bridgehead atoms. The third-order valence-corrected chi connectivity index (χ3v) is 2.96. The maximum Gasteiger partial charge on any atom is 0.326 e. The van der Waals surface area contributed by atoms with Gasteiger partial charge in [0.2, 0.25) is 5.91 Å². The Kier molecular flexibility index (Phi) is 5.76. The summed E-state index contributed by atoms with van der Waals surface area (Å²) in [5.74, 6) is -1.01. The number of carbonyl (C=O) groups excluding carboxylic acids is 1. The lowest BCUT2D eigenvalue weighted by molar-refractivity contribution is -0.142. The molecule has 20 heavy (non-hydrogen) atoms. The van der Waals surface area contributed by atoms with Gasteiger partial charge in [-0.3, -0.25) is 4.79 Å². The van der Waals surface area contributed by atoms with Gasteiger partial charge in [-0.25, -0.2) is 9.78 Å². The number of nitrogens with one attached hydrogen (secondary N) is 1. The van der Waals surface area contributed by atoms with Gasteiger partial charge in [0.15, 0.2) is 0 Å². The second-order valence-corrected chi connectivity index (χ2v) is 5.25. The monoisotopic (exact) mass is 299 g/mol. The molecule has 7 heteroatoms. The van der Waals surface area contributed by atoms with Crippen molar-refractivity contribution in [2.24, 2.45) is 5.92 Å². The molecule has 0 spiro atoms. The molecule has 1 rings (SSSR count). The predicted molar refractivity (Wildman–Crippen MR) is 76.9 cm³/mol. The lowest BCUT2D eigenvalue weighted by Gasteiger charge is -2.21. The number of pyridine rings is 1. The van der Waals surface area contributed by atoms with Gasteiger partial charge in [-0.2, -0.15) is 0 Å². The molecule has 0 saturated carbocycles. The predicted octanol–water partition coefficient (Wildman–Crippen LogP) is 1.40. The van der Waals surface area contributed by atoms with Crippen LogP contribution in [0.2, 0.25) is 5.02 Å². The van der Waals surface area contributed by atoms with Gasteiger partial charge in [0.25, 0.3) is 0 Å². The van der Waals surface area contributed by atoms with E-state index in [1.54, 1.807) is 37.9 Å². The number of carboxylic acid groups (broad SMARTS) is 1. The Morgan fingerprint density at radius 1 is 1.45 bits per heavy atom. The second-order valence-electron chi connectivity index (χ2n) is 4.82. The van der Waals surface area contributed by atoms with Crippen LogP contribution in [0.25, 0.3) is 0 Å². The maximum absolute atomic E-state index is 11.8. The van der Waals surface area contributed by atoms with Gasteiger partial charge in [-0.1, -0.05) is 25.4 Å². The van der Waals surface area contributed by atoms with Crippen molar-refractivity contribution < 1.29 is 14.7 Å². The number of nitrogens with zero attached hydrogens (tertiary/aromatic N) is 2. The van der Waals surface area contributed by atoms with E-state index >= 15 is 0 Å². The summed E-state index contributed by atoms with van der Waals surface area (Å²) >= 11 is 5.74. The van der Waals surface area contributed by atoms with Crippen LogP contribution in [0.3, 0.4) is 0 Å². The minimum absolute atomic E-state index is 0.0190. The van der Waals surface area contributed by atoms with E-state index in [2.05, 4.69) is 10.3 Å². The molecule has 0 aliphatic carbocycles. The molecule has 2 N–H and O–H groups in total. The summed E-state index contributed by atoms with van der Waals surface area (Å²) in [6.45, 7) is 3.50. The van der Waals surface area contributed by atoms with Crippen molar-refractivity contribution >= 4 is 29.3 Å². The number of carbonyl (C=O) groups is 2. The molecule has 1 aromatic heterocycles. The van der Waals surface area contributed by atoms with E-state index in [9.17, 15) is 9.59 Å². The number of likely N-dealkylation sites (N-methyl/N-ethyl adjacent to an activating group) is 1. The van der Waals surface area contributed by atoms with Crippen LogP contribution in [0.4, 0.5) is 5.82 Å². The quantitative estimate of drug-likeness (QED) is 0.829. The molecule has 0 radical (unpaired) electrons.